The van der Waals surface area contributed by atoms with Gasteiger partial charge in [0, 0.05) is 5.56 Å². The lowest BCUT2D eigenvalue weighted by molar-refractivity contribution is 0.370. The van der Waals surface area contributed by atoms with Crippen LogP contribution < -0.4 is 4.74 Å². The van der Waals surface area contributed by atoms with Crippen molar-refractivity contribution in [2.45, 2.75) is 0 Å². The molecular weight excluding hydrogens is 238 g/mol. The molecule has 0 N–H and O–H groups in total. The predicted molar refractivity (Wildman–Crippen MR) is 73.8 cm³/mol. The van der Waals surface area contributed by atoms with Gasteiger partial charge in [0.1, 0.15) is 17.9 Å². The second kappa shape index (κ2) is 4.87. The first-order chi connectivity index (χ1) is 9.36. The molecule has 0 atom stereocenters. The van der Waals surface area contributed by atoms with Gasteiger partial charge in [-0.1, -0.05) is 24.1 Å². The van der Waals surface area contributed by atoms with Crippen LogP contribution in [0.4, 0.5) is 0 Å². The number of rotatable bonds is 3. The zero-order valence-corrected chi connectivity index (χ0v) is 10.2. The number of oxazole rings is 1. The summed E-state index contributed by atoms with van der Waals surface area (Å²) in [6.45, 7) is 0.247. The molecule has 0 saturated heterocycles. The summed E-state index contributed by atoms with van der Waals surface area (Å²) >= 11 is 0. The Bertz CT molecular complexity index is 720. The number of aromatic nitrogens is 1. The van der Waals surface area contributed by atoms with Gasteiger partial charge in [0.2, 0.25) is 5.89 Å². The Morgan fingerprint density at radius 2 is 2.05 bits per heavy atom. The fourth-order valence-electron chi connectivity index (χ4n) is 1.84. The Hall–Kier alpha value is -2.73. The second-order valence-electron chi connectivity index (χ2n) is 4.01. The minimum absolute atomic E-state index is 0.247. The van der Waals surface area contributed by atoms with E-state index in [0.29, 0.717) is 11.6 Å². The van der Waals surface area contributed by atoms with Crippen LogP contribution in [-0.2, 0) is 0 Å². The van der Waals surface area contributed by atoms with Crippen LogP contribution in [0.1, 0.15) is 0 Å². The van der Waals surface area contributed by atoms with Gasteiger partial charge in [-0.15, -0.1) is 6.42 Å². The Kier molecular flexibility index (Phi) is 2.91. The number of ether oxygens (including phenoxy) is 1. The van der Waals surface area contributed by atoms with E-state index in [1.54, 1.807) is 0 Å². The quantitative estimate of drug-likeness (QED) is 0.666. The van der Waals surface area contributed by atoms with Gasteiger partial charge >= 0.3 is 0 Å². The molecule has 0 aliphatic heterocycles. The van der Waals surface area contributed by atoms with Crippen LogP contribution in [0.15, 0.2) is 52.9 Å². The first-order valence-electron chi connectivity index (χ1n) is 5.89. The summed E-state index contributed by atoms with van der Waals surface area (Å²) in [5, 5.41) is 0. The second-order valence-corrected chi connectivity index (χ2v) is 4.01. The van der Waals surface area contributed by atoms with Crippen LogP contribution in [0.5, 0.6) is 5.75 Å². The van der Waals surface area contributed by atoms with Crippen molar-refractivity contribution in [2.75, 3.05) is 6.61 Å². The zero-order chi connectivity index (χ0) is 13.1. The van der Waals surface area contributed by atoms with E-state index in [-0.39, 0.29) is 6.61 Å². The average Bonchev–Trinajstić information content (AvgIpc) is 2.89. The molecule has 3 heteroatoms. The van der Waals surface area contributed by atoms with Gasteiger partial charge in [-0.25, -0.2) is 4.98 Å². The first kappa shape index (κ1) is 11.4. The number of fused-ring (bicyclic) bond motifs is 1. The Balaban J connectivity index is 1.99. The lowest BCUT2D eigenvalue weighted by Crippen LogP contribution is -1.93. The molecule has 0 saturated carbocycles. The normalized spacial score (nSPS) is 10.3. The molecule has 1 heterocycles. The number of nitrogens with zero attached hydrogens (tertiary/aromatic N) is 1. The van der Waals surface area contributed by atoms with E-state index >= 15 is 0 Å². The fraction of sp³-hybridized carbons (Fsp3) is 0.0625. The van der Waals surface area contributed by atoms with Crippen LogP contribution in [0.25, 0.3) is 22.6 Å². The molecule has 0 aliphatic rings. The number of hydrogen-bond acceptors (Lipinski definition) is 3. The minimum Gasteiger partial charge on any atom is -0.481 e. The van der Waals surface area contributed by atoms with Crippen LogP contribution >= 0.6 is 0 Å². The van der Waals surface area contributed by atoms with E-state index in [2.05, 4.69) is 10.9 Å². The lowest BCUT2D eigenvalue weighted by Gasteiger charge is -2.02. The highest BCUT2D eigenvalue weighted by molar-refractivity contribution is 5.76. The highest BCUT2D eigenvalue weighted by atomic mass is 16.5. The van der Waals surface area contributed by atoms with E-state index in [1.807, 2.05) is 48.5 Å². The van der Waals surface area contributed by atoms with E-state index in [1.165, 1.54) is 0 Å². The van der Waals surface area contributed by atoms with Crippen LogP contribution in [-0.4, -0.2) is 11.6 Å². The molecule has 0 bridgehead atoms. The maximum Gasteiger partial charge on any atom is 0.227 e. The van der Waals surface area contributed by atoms with Crippen molar-refractivity contribution in [3.63, 3.8) is 0 Å². The lowest BCUT2D eigenvalue weighted by atomic mass is 10.2. The van der Waals surface area contributed by atoms with Gasteiger partial charge in [-0.2, -0.15) is 0 Å². The van der Waals surface area contributed by atoms with Gasteiger partial charge in [-0.05, 0) is 30.3 Å². The number of para-hydroxylation sites is 2. The molecule has 3 nitrogen and oxygen atoms in total. The molecule has 92 valence electrons. The van der Waals surface area contributed by atoms with Crippen molar-refractivity contribution in [2.24, 2.45) is 0 Å². The summed E-state index contributed by atoms with van der Waals surface area (Å²) < 4.78 is 11.1. The molecule has 0 fully saturated rings. The maximum atomic E-state index is 5.71. The summed E-state index contributed by atoms with van der Waals surface area (Å²) in [7, 11) is 0. The smallest absolute Gasteiger partial charge is 0.227 e. The third-order valence-corrected chi connectivity index (χ3v) is 2.70. The van der Waals surface area contributed by atoms with Crippen LogP contribution in [0.3, 0.4) is 0 Å². The molecule has 3 rings (SSSR count). The zero-order valence-electron chi connectivity index (χ0n) is 10.2. The molecule has 0 spiro atoms. The van der Waals surface area contributed by atoms with Crippen molar-refractivity contribution < 1.29 is 9.15 Å². The number of benzene rings is 2. The van der Waals surface area contributed by atoms with Gasteiger partial charge < -0.3 is 9.15 Å². The topological polar surface area (TPSA) is 35.3 Å². The predicted octanol–water partition coefficient (Wildman–Crippen LogP) is 3.51. The van der Waals surface area contributed by atoms with E-state index in [9.17, 15) is 0 Å². The number of terminal acetylenes is 1. The third-order valence-electron chi connectivity index (χ3n) is 2.70. The highest BCUT2D eigenvalue weighted by Gasteiger charge is 2.08. The van der Waals surface area contributed by atoms with E-state index in [0.717, 1.165) is 16.7 Å². The summed E-state index contributed by atoms with van der Waals surface area (Å²) in [6, 6.07) is 15.2. The van der Waals surface area contributed by atoms with Gasteiger partial charge in [0.15, 0.2) is 5.58 Å². The molecule has 0 unspecified atom stereocenters. The Morgan fingerprint density at radius 1 is 1.16 bits per heavy atom. The number of hydrogen-bond donors (Lipinski definition) is 0. The van der Waals surface area contributed by atoms with Crippen molar-refractivity contribution in [3.8, 4) is 29.5 Å². The van der Waals surface area contributed by atoms with Crippen molar-refractivity contribution >= 4 is 11.1 Å². The average molecular weight is 249 g/mol. The van der Waals surface area contributed by atoms with E-state index in [4.69, 9.17) is 15.6 Å². The fourth-order valence-corrected chi connectivity index (χ4v) is 1.84. The monoisotopic (exact) mass is 249 g/mol. The molecule has 2 aromatic carbocycles. The van der Waals surface area contributed by atoms with Crippen molar-refractivity contribution in [1.29, 1.82) is 0 Å². The van der Waals surface area contributed by atoms with Gasteiger partial charge in [0.05, 0.1) is 0 Å². The summed E-state index contributed by atoms with van der Waals surface area (Å²) in [6.07, 6.45) is 5.17. The Labute approximate surface area is 110 Å². The summed E-state index contributed by atoms with van der Waals surface area (Å²) in [5.41, 5.74) is 2.48. The molecular formula is C16H11NO2. The molecule has 3 aromatic rings. The van der Waals surface area contributed by atoms with Crippen molar-refractivity contribution in [3.05, 3.63) is 48.5 Å². The molecule has 0 radical (unpaired) electrons. The molecule has 19 heavy (non-hydrogen) atoms. The highest BCUT2D eigenvalue weighted by Crippen LogP contribution is 2.26. The minimum atomic E-state index is 0.247. The van der Waals surface area contributed by atoms with Crippen LogP contribution in [0, 0.1) is 12.3 Å². The molecule has 0 aliphatic carbocycles. The van der Waals surface area contributed by atoms with Crippen LogP contribution in [0.2, 0.25) is 0 Å². The molecule has 0 amide bonds. The van der Waals surface area contributed by atoms with Crippen molar-refractivity contribution in [1.82, 2.24) is 4.98 Å². The van der Waals surface area contributed by atoms with Gasteiger partial charge in [0.25, 0.3) is 0 Å². The largest absolute Gasteiger partial charge is 0.481 e. The van der Waals surface area contributed by atoms with Gasteiger partial charge in [-0.3, -0.25) is 0 Å². The summed E-state index contributed by atoms with van der Waals surface area (Å²) in [4.78, 5) is 4.44. The standard InChI is InChI=1S/C16H11NO2/c1-2-10-18-13-7-5-6-12(11-13)16-17-14-8-3-4-9-15(14)19-16/h1,3-9,11H,10H2. The summed E-state index contributed by atoms with van der Waals surface area (Å²) in [5.74, 6) is 3.72. The maximum absolute atomic E-state index is 5.71. The Morgan fingerprint density at radius 3 is 2.89 bits per heavy atom. The molecule has 1 aromatic heterocycles. The SMILES string of the molecule is C#CCOc1cccc(-c2nc3ccccc3o2)c1. The third kappa shape index (κ3) is 2.29. The first-order valence-corrected chi connectivity index (χ1v) is 5.89. The van der Waals surface area contributed by atoms with E-state index < -0.39 is 0 Å².